The summed E-state index contributed by atoms with van der Waals surface area (Å²) in [7, 11) is 0. The van der Waals surface area contributed by atoms with E-state index in [0.29, 0.717) is 22.0 Å². The Morgan fingerprint density at radius 3 is 2.48 bits per heavy atom. The van der Waals surface area contributed by atoms with E-state index < -0.39 is 5.97 Å². The van der Waals surface area contributed by atoms with Crippen LogP contribution in [0.5, 0.6) is 0 Å². The molecule has 1 aliphatic carbocycles. The predicted octanol–water partition coefficient (Wildman–Crippen LogP) is 3.41. The Morgan fingerprint density at radius 2 is 1.86 bits per heavy atom. The average Bonchev–Trinajstić information content (AvgIpc) is 2.98. The number of anilines is 1. The number of fused-ring (bicyclic) bond motifs is 1. The summed E-state index contributed by atoms with van der Waals surface area (Å²) in [4.78, 5) is 25.2. The second-order valence-corrected chi connectivity index (χ2v) is 6.74. The van der Waals surface area contributed by atoms with E-state index in [1.807, 2.05) is 4.90 Å². The number of carbonyl (C=O) groups excluding carboxylic acids is 1. The van der Waals surface area contributed by atoms with Crippen LogP contribution >= 0.6 is 15.9 Å². The molecule has 2 fully saturated rings. The van der Waals surface area contributed by atoms with Gasteiger partial charge in [0.1, 0.15) is 0 Å². The van der Waals surface area contributed by atoms with Crippen LogP contribution in [-0.2, 0) is 0 Å². The Kier molecular flexibility index (Phi) is 3.89. The third-order valence-corrected chi connectivity index (χ3v) is 4.87. The highest BCUT2D eigenvalue weighted by Gasteiger charge is 2.38. The molecule has 2 unspecified atom stereocenters. The molecule has 21 heavy (non-hydrogen) atoms. The summed E-state index contributed by atoms with van der Waals surface area (Å²) < 4.78 is 0.635. The SMILES string of the molecule is O=C(O)c1cc(Br)cc(NC(=O)N2CC3CCCC3C2)c1. The molecule has 1 aromatic carbocycles. The number of nitrogens with one attached hydrogen (secondary N) is 1. The normalized spacial score (nSPS) is 24.0. The fraction of sp³-hybridized carbons (Fsp3) is 0.467. The summed E-state index contributed by atoms with van der Waals surface area (Å²) in [6.45, 7) is 1.63. The van der Waals surface area contributed by atoms with Crippen molar-refractivity contribution in [2.75, 3.05) is 18.4 Å². The van der Waals surface area contributed by atoms with E-state index in [4.69, 9.17) is 5.11 Å². The Labute approximate surface area is 131 Å². The van der Waals surface area contributed by atoms with E-state index in [2.05, 4.69) is 21.2 Å². The molecule has 5 nitrogen and oxygen atoms in total. The fourth-order valence-corrected chi connectivity index (χ4v) is 3.88. The van der Waals surface area contributed by atoms with Crippen molar-refractivity contribution >= 4 is 33.6 Å². The van der Waals surface area contributed by atoms with E-state index in [1.54, 1.807) is 6.07 Å². The molecular formula is C15H17BrN2O3. The Hall–Kier alpha value is -1.56. The first-order valence-electron chi connectivity index (χ1n) is 7.13. The van der Waals surface area contributed by atoms with Gasteiger partial charge in [-0.25, -0.2) is 9.59 Å². The number of aromatic carboxylic acids is 1. The molecule has 3 rings (SSSR count). The zero-order valence-corrected chi connectivity index (χ0v) is 13.1. The Morgan fingerprint density at radius 1 is 1.19 bits per heavy atom. The highest BCUT2D eigenvalue weighted by molar-refractivity contribution is 9.10. The van der Waals surface area contributed by atoms with Crippen LogP contribution < -0.4 is 5.32 Å². The van der Waals surface area contributed by atoms with Gasteiger partial charge in [0.2, 0.25) is 0 Å². The molecule has 0 spiro atoms. The minimum atomic E-state index is -1.01. The summed E-state index contributed by atoms with van der Waals surface area (Å²) >= 11 is 3.27. The van der Waals surface area contributed by atoms with Gasteiger partial charge in [0.05, 0.1) is 5.56 Å². The monoisotopic (exact) mass is 352 g/mol. The second kappa shape index (κ2) is 5.67. The lowest BCUT2D eigenvalue weighted by molar-refractivity contribution is 0.0697. The number of halogens is 1. The minimum absolute atomic E-state index is 0.140. The predicted molar refractivity (Wildman–Crippen MR) is 82.5 cm³/mol. The van der Waals surface area contributed by atoms with Crippen LogP contribution in [0.25, 0.3) is 0 Å². The van der Waals surface area contributed by atoms with Crippen molar-refractivity contribution < 1.29 is 14.7 Å². The van der Waals surface area contributed by atoms with Crippen LogP contribution in [0.15, 0.2) is 22.7 Å². The van der Waals surface area contributed by atoms with E-state index in [0.717, 1.165) is 13.1 Å². The maximum atomic E-state index is 12.3. The minimum Gasteiger partial charge on any atom is -0.478 e. The summed E-state index contributed by atoms with van der Waals surface area (Å²) in [6.07, 6.45) is 3.71. The number of urea groups is 1. The van der Waals surface area contributed by atoms with E-state index in [-0.39, 0.29) is 11.6 Å². The Balaban J connectivity index is 1.69. The van der Waals surface area contributed by atoms with Crippen LogP contribution in [0, 0.1) is 11.8 Å². The first-order chi connectivity index (χ1) is 10.0. The second-order valence-electron chi connectivity index (χ2n) is 5.82. The first-order valence-corrected chi connectivity index (χ1v) is 7.92. The topological polar surface area (TPSA) is 69.6 Å². The number of carboxylic acids is 1. The summed E-state index contributed by atoms with van der Waals surface area (Å²) in [5, 5.41) is 11.8. The summed E-state index contributed by atoms with van der Waals surface area (Å²) in [6, 6.07) is 4.56. The molecule has 2 N–H and O–H groups in total. The summed E-state index contributed by atoms with van der Waals surface area (Å²) in [5.41, 5.74) is 0.654. The van der Waals surface area contributed by atoms with Crippen molar-refractivity contribution in [1.29, 1.82) is 0 Å². The van der Waals surface area contributed by atoms with Crippen molar-refractivity contribution in [2.24, 2.45) is 11.8 Å². The van der Waals surface area contributed by atoms with Crippen LogP contribution in [0.1, 0.15) is 29.6 Å². The van der Waals surface area contributed by atoms with Gasteiger partial charge in [0, 0.05) is 23.2 Å². The van der Waals surface area contributed by atoms with Gasteiger partial charge in [-0.05, 0) is 42.9 Å². The number of carboxylic acid groups (broad SMARTS) is 1. The molecule has 112 valence electrons. The van der Waals surface area contributed by atoms with Gasteiger partial charge in [0.25, 0.3) is 0 Å². The summed E-state index contributed by atoms with van der Waals surface area (Å²) in [5.74, 6) is 0.281. The van der Waals surface area contributed by atoms with Crippen molar-refractivity contribution in [2.45, 2.75) is 19.3 Å². The zero-order chi connectivity index (χ0) is 15.0. The molecule has 1 aromatic rings. The third-order valence-electron chi connectivity index (χ3n) is 4.41. The van der Waals surface area contributed by atoms with E-state index in [9.17, 15) is 9.59 Å². The molecule has 0 radical (unpaired) electrons. The van der Waals surface area contributed by atoms with E-state index >= 15 is 0 Å². The quantitative estimate of drug-likeness (QED) is 0.856. The Bertz CT molecular complexity index is 578. The lowest BCUT2D eigenvalue weighted by Gasteiger charge is -2.18. The number of benzene rings is 1. The number of carbonyl (C=O) groups is 2. The molecule has 1 heterocycles. The number of amides is 2. The lowest BCUT2D eigenvalue weighted by atomic mass is 10.0. The van der Waals surface area contributed by atoms with Crippen LogP contribution in [-0.4, -0.2) is 35.1 Å². The molecule has 2 atom stereocenters. The highest BCUT2D eigenvalue weighted by Crippen LogP contribution is 2.37. The van der Waals surface area contributed by atoms with Gasteiger partial charge in [-0.1, -0.05) is 22.4 Å². The molecule has 1 aliphatic heterocycles. The van der Waals surface area contributed by atoms with Gasteiger partial charge in [0.15, 0.2) is 0 Å². The molecule has 2 amide bonds. The zero-order valence-electron chi connectivity index (χ0n) is 11.5. The number of rotatable bonds is 2. The number of hydrogen-bond acceptors (Lipinski definition) is 2. The van der Waals surface area contributed by atoms with Crippen LogP contribution in [0.4, 0.5) is 10.5 Å². The maximum absolute atomic E-state index is 12.3. The number of likely N-dealkylation sites (tertiary alicyclic amines) is 1. The first kappa shape index (κ1) is 14.4. The van der Waals surface area contributed by atoms with Gasteiger partial charge >= 0.3 is 12.0 Å². The molecule has 1 saturated carbocycles. The van der Waals surface area contributed by atoms with Gasteiger partial charge in [-0.15, -0.1) is 0 Å². The van der Waals surface area contributed by atoms with Crippen molar-refractivity contribution in [3.8, 4) is 0 Å². The molecular weight excluding hydrogens is 336 g/mol. The number of nitrogens with zero attached hydrogens (tertiary/aromatic N) is 1. The van der Waals surface area contributed by atoms with Crippen LogP contribution in [0.3, 0.4) is 0 Å². The van der Waals surface area contributed by atoms with Gasteiger partial charge in [-0.2, -0.15) is 0 Å². The van der Waals surface area contributed by atoms with Crippen LogP contribution in [0.2, 0.25) is 0 Å². The van der Waals surface area contributed by atoms with Crippen molar-refractivity contribution in [3.63, 3.8) is 0 Å². The largest absolute Gasteiger partial charge is 0.478 e. The molecule has 0 aromatic heterocycles. The smallest absolute Gasteiger partial charge is 0.335 e. The highest BCUT2D eigenvalue weighted by atomic mass is 79.9. The fourth-order valence-electron chi connectivity index (χ4n) is 3.39. The molecule has 6 heteroatoms. The number of hydrogen-bond donors (Lipinski definition) is 2. The van der Waals surface area contributed by atoms with Gasteiger partial charge < -0.3 is 15.3 Å². The van der Waals surface area contributed by atoms with Crippen molar-refractivity contribution in [1.82, 2.24) is 4.90 Å². The maximum Gasteiger partial charge on any atom is 0.335 e. The third kappa shape index (κ3) is 3.05. The molecule has 1 saturated heterocycles. The standard InChI is InChI=1S/C15H17BrN2O3/c16-12-4-11(14(19)20)5-13(6-12)17-15(21)18-7-9-2-1-3-10(9)8-18/h4-6,9-10H,1-3,7-8H2,(H,17,21)(H,19,20). The van der Waals surface area contributed by atoms with Gasteiger partial charge in [-0.3, -0.25) is 0 Å². The van der Waals surface area contributed by atoms with Crippen molar-refractivity contribution in [3.05, 3.63) is 28.2 Å². The van der Waals surface area contributed by atoms with E-state index in [1.165, 1.54) is 31.4 Å². The molecule has 2 aliphatic rings. The molecule has 0 bridgehead atoms. The lowest BCUT2D eigenvalue weighted by Crippen LogP contribution is -2.33. The average molecular weight is 353 g/mol.